The predicted octanol–water partition coefficient (Wildman–Crippen LogP) is 2.75. The van der Waals surface area contributed by atoms with Crippen LogP contribution in [0.2, 0.25) is 0 Å². The molecular formula is C14H18NO+. The first kappa shape index (κ1) is 11.0. The number of hydrogen-bond acceptors (Lipinski definition) is 1. The maximum atomic E-state index is 10.2. The summed E-state index contributed by atoms with van der Waals surface area (Å²) >= 11 is 0. The van der Waals surface area contributed by atoms with E-state index in [1.807, 2.05) is 30.3 Å². The second-order valence-electron chi connectivity index (χ2n) is 5.24. The first-order valence-corrected chi connectivity index (χ1v) is 5.47. The molecule has 16 heavy (non-hydrogen) atoms. The van der Waals surface area contributed by atoms with Crippen LogP contribution in [0.4, 0.5) is 0 Å². The zero-order chi connectivity index (χ0) is 11.8. The molecule has 0 aliphatic carbocycles. The van der Waals surface area contributed by atoms with E-state index >= 15 is 0 Å². The van der Waals surface area contributed by atoms with Crippen molar-refractivity contribution in [3.8, 4) is 5.75 Å². The van der Waals surface area contributed by atoms with E-state index in [2.05, 4.69) is 27.2 Å². The number of hydrogen-bond donors (Lipinski definition) is 1. The summed E-state index contributed by atoms with van der Waals surface area (Å²) < 4.78 is 0.811. The quantitative estimate of drug-likeness (QED) is 0.765. The molecule has 0 atom stereocenters. The lowest BCUT2D eigenvalue weighted by molar-refractivity contribution is -0.884. The van der Waals surface area contributed by atoms with E-state index in [0.717, 1.165) is 27.4 Å². The Hall–Kier alpha value is -1.54. The zero-order valence-corrected chi connectivity index (χ0v) is 10.1. The summed E-state index contributed by atoms with van der Waals surface area (Å²) in [6, 6.07) is 12.0. The van der Waals surface area contributed by atoms with Crippen molar-refractivity contribution in [3.63, 3.8) is 0 Å². The topological polar surface area (TPSA) is 20.2 Å². The first-order chi connectivity index (χ1) is 7.47. The largest absolute Gasteiger partial charge is 0.507 e. The molecule has 2 aromatic rings. The van der Waals surface area contributed by atoms with Crippen LogP contribution in [0.3, 0.4) is 0 Å². The van der Waals surface area contributed by atoms with Crippen molar-refractivity contribution >= 4 is 10.8 Å². The highest BCUT2D eigenvalue weighted by Gasteiger charge is 2.13. The molecule has 2 nitrogen and oxygen atoms in total. The molecule has 0 fully saturated rings. The average Bonchev–Trinajstić information content (AvgIpc) is 2.21. The molecule has 84 valence electrons. The molecular weight excluding hydrogens is 198 g/mol. The second kappa shape index (κ2) is 3.80. The number of phenolic OH excluding ortho intramolecular Hbond substituents is 1. The van der Waals surface area contributed by atoms with Crippen LogP contribution in [0.15, 0.2) is 36.4 Å². The third-order valence-corrected chi connectivity index (χ3v) is 2.63. The van der Waals surface area contributed by atoms with E-state index < -0.39 is 0 Å². The van der Waals surface area contributed by atoms with Gasteiger partial charge in [-0.15, -0.1) is 0 Å². The Labute approximate surface area is 96.3 Å². The lowest BCUT2D eigenvalue weighted by Crippen LogP contribution is -2.33. The molecule has 0 aromatic heterocycles. The Morgan fingerprint density at radius 2 is 1.69 bits per heavy atom. The molecule has 0 radical (unpaired) electrons. The van der Waals surface area contributed by atoms with Crippen LogP contribution in [0.1, 0.15) is 5.56 Å². The minimum Gasteiger partial charge on any atom is -0.507 e. The van der Waals surface area contributed by atoms with Gasteiger partial charge in [-0.1, -0.05) is 30.3 Å². The molecule has 1 N–H and O–H groups in total. The maximum Gasteiger partial charge on any atom is 0.132 e. The smallest absolute Gasteiger partial charge is 0.132 e. The van der Waals surface area contributed by atoms with Crippen molar-refractivity contribution in [1.29, 1.82) is 0 Å². The van der Waals surface area contributed by atoms with Gasteiger partial charge in [0.2, 0.25) is 0 Å². The monoisotopic (exact) mass is 216 g/mol. The van der Waals surface area contributed by atoms with Crippen LogP contribution >= 0.6 is 0 Å². The Bertz CT molecular complexity index is 512. The van der Waals surface area contributed by atoms with Crippen molar-refractivity contribution < 1.29 is 9.59 Å². The van der Waals surface area contributed by atoms with Crippen molar-refractivity contribution in [3.05, 3.63) is 42.0 Å². The van der Waals surface area contributed by atoms with Crippen molar-refractivity contribution in [1.82, 2.24) is 0 Å². The summed E-state index contributed by atoms with van der Waals surface area (Å²) in [6.07, 6.45) is 0. The number of aromatic hydroxyl groups is 1. The molecule has 0 saturated carbocycles. The minimum atomic E-state index is 0.422. The van der Waals surface area contributed by atoms with Crippen molar-refractivity contribution in [2.24, 2.45) is 0 Å². The van der Waals surface area contributed by atoms with E-state index in [1.165, 1.54) is 0 Å². The molecule has 0 spiro atoms. The van der Waals surface area contributed by atoms with Gasteiger partial charge in [0, 0.05) is 10.9 Å². The van der Waals surface area contributed by atoms with E-state index in [1.54, 1.807) is 0 Å². The Morgan fingerprint density at radius 3 is 2.38 bits per heavy atom. The molecule has 2 aromatic carbocycles. The molecule has 2 rings (SSSR count). The van der Waals surface area contributed by atoms with Gasteiger partial charge in [0.15, 0.2) is 0 Å². The highest BCUT2D eigenvalue weighted by molar-refractivity contribution is 5.89. The highest BCUT2D eigenvalue weighted by atomic mass is 16.3. The Balaban J connectivity index is 2.53. The maximum absolute atomic E-state index is 10.2. The third kappa shape index (κ3) is 2.17. The fourth-order valence-corrected chi connectivity index (χ4v) is 1.94. The standard InChI is InChI=1S/C14H17NO/c1-15(2,3)10-12-9-8-11-6-4-5-7-13(11)14(12)16/h4-9H,10H2,1-3H3/p+1. The summed E-state index contributed by atoms with van der Waals surface area (Å²) in [5, 5.41) is 12.2. The summed E-state index contributed by atoms with van der Waals surface area (Å²) in [5.41, 5.74) is 1.01. The van der Waals surface area contributed by atoms with Gasteiger partial charge in [0.1, 0.15) is 12.3 Å². The lowest BCUT2D eigenvalue weighted by atomic mass is 10.0. The van der Waals surface area contributed by atoms with Crippen molar-refractivity contribution in [2.45, 2.75) is 6.54 Å². The summed E-state index contributed by atoms with van der Waals surface area (Å²) in [7, 11) is 6.36. The zero-order valence-electron chi connectivity index (χ0n) is 10.1. The average molecular weight is 216 g/mol. The number of rotatable bonds is 2. The Kier molecular flexibility index (Phi) is 2.60. The lowest BCUT2D eigenvalue weighted by Gasteiger charge is -2.24. The van der Waals surface area contributed by atoms with Crippen LogP contribution in [-0.4, -0.2) is 30.7 Å². The van der Waals surface area contributed by atoms with Gasteiger partial charge < -0.3 is 9.59 Å². The van der Waals surface area contributed by atoms with E-state index in [9.17, 15) is 5.11 Å². The van der Waals surface area contributed by atoms with Gasteiger partial charge in [-0.25, -0.2) is 0 Å². The van der Waals surface area contributed by atoms with Crippen LogP contribution < -0.4 is 0 Å². The predicted molar refractivity (Wildman–Crippen MR) is 67.3 cm³/mol. The minimum absolute atomic E-state index is 0.422. The Morgan fingerprint density at radius 1 is 1.00 bits per heavy atom. The van der Waals surface area contributed by atoms with Crippen LogP contribution in [0.5, 0.6) is 5.75 Å². The van der Waals surface area contributed by atoms with Gasteiger partial charge >= 0.3 is 0 Å². The van der Waals surface area contributed by atoms with Crippen LogP contribution in [0, 0.1) is 0 Å². The SMILES string of the molecule is C[N+](C)(C)Cc1ccc2ccccc2c1O. The fourth-order valence-electron chi connectivity index (χ4n) is 1.94. The van der Waals surface area contributed by atoms with Gasteiger partial charge in [-0.05, 0) is 11.5 Å². The van der Waals surface area contributed by atoms with Gasteiger partial charge in [0.25, 0.3) is 0 Å². The first-order valence-electron chi connectivity index (χ1n) is 5.47. The summed E-state index contributed by atoms with van der Waals surface area (Å²) in [4.78, 5) is 0. The highest BCUT2D eigenvalue weighted by Crippen LogP contribution is 2.29. The molecule has 0 saturated heterocycles. The molecule has 0 aliphatic rings. The normalized spacial score (nSPS) is 11.9. The van der Waals surface area contributed by atoms with E-state index in [4.69, 9.17) is 0 Å². The molecule has 0 aliphatic heterocycles. The molecule has 0 bridgehead atoms. The number of phenols is 1. The van der Waals surface area contributed by atoms with Gasteiger partial charge in [-0.3, -0.25) is 0 Å². The molecule has 0 heterocycles. The number of nitrogens with zero attached hydrogens (tertiary/aromatic N) is 1. The molecule has 0 amide bonds. The molecule has 2 heteroatoms. The van der Waals surface area contributed by atoms with Gasteiger partial charge in [0.05, 0.1) is 21.1 Å². The summed E-state index contributed by atoms with van der Waals surface area (Å²) in [5.74, 6) is 0.422. The summed E-state index contributed by atoms with van der Waals surface area (Å²) in [6.45, 7) is 0.830. The fraction of sp³-hybridized carbons (Fsp3) is 0.286. The van der Waals surface area contributed by atoms with Gasteiger partial charge in [-0.2, -0.15) is 0 Å². The molecule has 0 unspecified atom stereocenters. The number of benzene rings is 2. The van der Waals surface area contributed by atoms with E-state index in [-0.39, 0.29) is 0 Å². The number of fused-ring (bicyclic) bond motifs is 1. The van der Waals surface area contributed by atoms with Crippen molar-refractivity contribution in [2.75, 3.05) is 21.1 Å². The van der Waals surface area contributed by atoms with E-state index in [0.29, 0.717) is 5.75 Å². The number of quaternary nitrogens is 1. The van der Waals surface area contributed by atoms with Crippen LogP contribution in [0.25, 0.3) is 10.8 Å². The van der Waals surface area contributed by atoms with Crippen LogP contribution in [-0.2, 0) is 6.54 Å². The second-order valence-corrected chi connectivity index (χ2v) is 5.24. The third-order valence-electron chi connectivity index (χ3n) is 2.63.